The molecule has 0 fully saturated rings. The number of nitrogens with zero attached hydrogens (tertiary/aromatic N) is 1. The number of hydrogen-bond acceptors (Lipinski definition) is 4. The molecule has 0 saturated carbocycles. The van der Waals surface area contributed by atoms with Gasteiger partial charge < -0.3 is 14.8 Å². The quantitative estimate of drug-likeness (QED) is 0.789. The van der Waals surface area contributed by atoms with E-state index >= 15 is 0 Å². The molecule has 5 heteroatoms. The Kier molecular flexibility index (Phi) is 7.05. The first kappa shape index (κ1) is 19.0. The molecule has 1 aromatic rings. The Morgan fingerprint density at radius 3 is 2.61 bits per heavy atom. The van der Waals surface area contributed by atoms with Gasteiger partial charge in [-0.2, -0.15) is 5.26 Å². The van der Waals surface area contributed by atoms with Gasteiger partial charge in [-0.15, -0.1) is 0 Å². The van der Waals surface area contributed by atoms with Crippen molar-refractivity contribution < 1.29 is 14.3 Å². The van der Waals surface area contributed by atoms with Gasteiger partial charge >= 0.3 is 0 Å². The van der Waals surface area contributed by atoms with E-state index in [-0.39, 0.29) is 12.0 Å². The van der Waals surface area contributed by atoms with Crippen LogP contribution < -0.4 is 10.1 Å². The topological polar surface area (TPSA) is 71.3 Å². The Morgan fingerprint density at radius 1 is 1.39 bits per heavy atom. The van der Waals surface area contributed by atoms with Gasteiger partial charge in [0.1, 0.15) is 17.4 Å². The summed E-state index contributed by atoms with van der Waals surface area (Å²) in [5.74, 6) is 0.302. The van der Waals surface area contributed by atoms with Gasteiger partial charge in [-0.05, 0) is 51.8 Å². The highest BCUT2D eigenvalue weighted by Crippen LogP contribution is 2.25. The number of ether oxygens (including phenoxy) is 2. The first-order chi connectivity index (χ1) is 10.9. The van der Waals surface area contributed by atoms with Crippen molar-refractivity contribution in [3.63, 3.8) is 0 Å². The number of carbonyl (C=O) groups is 1. The van der Waals surface area contributed by atoms with Crippen molar-refractivity contribution in [2.24, 2.45) is 0 Å². The second-order valence-corrected chi connectivity index (χ2v) is 5.88. The van der Waals surface area contributed by atoms with E-state index in [0.717, 1.165) is 6.42 Å². The Morgan fingerprint density at radius 2 is 2.09 bits per heavy atom. The smallest absolute Gasteiger partial charge is 0.256 e. The predicted molar refractivity (Wildman–Crippen MR) is 90.5 cm³/mol. The zero-order chi connectivity index (χ0) is 17.5. The lowest BCUT2D eigenvalue weighted by Crippen LogP contribution is -2.42. The summed E-state index contributed by atoms with van der Waals surface area (Å²) in [6.07, 6.45) is 1.40. The van der Waals surface area contributed by atoms with E-state index in [2.05, 4.69) is 11.4 Å². The van der Waals surface area contributed by atoms with Crippen LogP contribution in [0.4, 0.5) is 5.69 Å². The van der Waals surface area contributed by atoms with Crippen molar-refractivity contribution in [1.29, 1.82) is 5.26 Å². The van der Waals surface area contributed by atoms with E-state index in [1.807, 2.05) is 27.7 Å². The lowest BCUT2D eigenvalue weighted by molar-refractivity contribution is -0.139. The van der Waals surface area contributed by atoms with Crippen LogP contribution in [0.5, 0.6) is 5.75 Å². The third-order valence-corrected chi connectivity index (χ3v) is 3.50. The van der Waals surface area contributed by atoms with Crippen LogP contribution in [0.3, 0.4) is 0 Å². The summed E-state index contributed by atoms with van der Waals surface area (Å²) < 4.78 is 11.3. The van der Waals surface area contributed by atoms with E-state index in [4.69, 9.17) is 9.47 Å². The molecule has 1 unspecified atom stereocenters. The van der Waals surface area contributed by atoms with Crippen molar-refractivity contribution in [3.8, 4) is 11.8 Å². The van der Waals surface area contributed by atoms with Gasteiger partial charge in [-0.25, -0.2) is 0 Å². The van der Waals surface area contributed by atoms with Crippen LogP contribution in [-0.2, 0) is 9.53 Å². The van der Waals surface area contributed by atoms with Gasteiger partial charge in [0.2, 0.25) is 0 Å². The summed E-state index contributed by atoms with van der Waals surface area (Å²) in [5.41, 5.74) is 0.0715. The number of nitrogens with one attached hydrogen (secondary N) is 1. The molecule has 0 aromatic heterocycles. The fraction of sp³-hybridized carbons (Fsp3) is 0.556. The highest BCUT2D eigenvalue weighted by molar-refractivity contribution is 5.97. The zero-order valence-corrected chi connectivity index (χ0v) is 14.6. The van der Waals surface area contributed by atoms with Crippen LogP contribution in [0.2, 0.25) is 0 Å². The molecule has 0 aliphatic carbocycles. The molecule has 0 heterocycles. The molecule has 0 bridgehead atoms. The third kappa shape index (κ3) is 5.26. The molecule has 23 heavy (non-hydrogen) atoms. The monoisotopic (exact) mass is 318 g/mol. The molecule has 126 valence electrons. The van der Waals surface area contributed by atoms with Crippen LogP contribution in [0.15, 0.2) is 18.2 Å². The highest BCUT2D eigenvalue weighted by atomic mass is 16.5. The van der Waals surface area contributed by atoms with Crippen molar-refractivity contribution in [3.05, 3.63) is 23.8 Å². The molecule has 0 saturated heterocycles. The molecule has 1 aromatic carbocycles. The van der Waals surface area contributed by atoms with Crippen molar-refractivity contribution in [2.45, 2.75) is 59.2 Å². The van der Waals surface area contributed by atoms with Crippen LogP contribution in [-0.4, -0.2) is 24.2 Å². The summed E-state index contributed by atoms with van der Waals surface area (Å²) >= 11 is 0. The summed E-state index contributed by atoms with van der Waals surface area (Å²) in [4.78, 5) is 12.5. The van der Waals surface area contributed by atoms with Gasteiger partial charge in [0.05, 0.1) is 11.7 Å². The molecule has 1 N–H and O–H groups in total. The fourth-order valence-corrected chi connectivity index (χ4v) is 1.97. The average molecular weight is 318 g/mol. The normalized spacial score (nSPS) is 13.3. The van der Waals surface area contributed by atoms with Gasteiger partial charge in [-0.3, -0.25) is 4.79 Å². The lowest BCUT2D eigenvalue weighted by atomic mass is 10.0. The van der Waals surface area contributed by atoms with Crippen molar-refractivity contribution in [1.82, 2.24) is 0 Å². The number of anilines is 1. The number of nitriles is 1. The number of rotatable bonds is 8. The van der Waals surface area contributed by atoms with Crippen LogP contribution >= 0.6 is 0 Å². The lowest BCUT2D eigenvalue weighted by Gasteiger charge is -2.27. The average Bonchev–Trinajstić information content (AvgIpc) is 2.53. The number of hydrogen-bond donors (Lipinski definition) is 1. The van der Waals surface area contributed by atoms with Gasteiger partial charge in [0.25, 0.3) is 5.91 Å². The minimum atomic E-state index is -0.879. The van der Waals surface area contributed by atoms with Crippen molar-refractivity contribution >= 4 is 11.6 Å². The van der Waals surface area contributed by atoms with Crippen LogP contribution in [0.1, 0.15) is 53.0 Å². The SMILES string of the molecule is CCCOC(C)(CC)C(=O)Nc1ccc(OC(C)C)c(C#N)c1. The summed E-state index contributed by atoms with van der Waals surface area (Å²) in [6.45, 7) is 10.0. The van der Waals surface area contributed by atoms with Crippen LogP contribution in [0, 0.1) is 11.3 Å². The van der Waals surface area contributed by atoms with Gasteiger partial charge in [-0.1, -0.05) is 13.8 Å². The van der Waals surface area contributed by atoms with Crippen molar-refractivity contribution in [2.75, 3.05) is 11.9 Å². The largest absolute Gasteiger partial charge is 0.490 e. The molecule has 0 aliphatic rings. The standard InChI is InChI=1S/C18H26N2O3/c1-6-10-22-18(5,7-2)17(21)20-15-8-9-16(23-13(3)4)14(11-15)12-19/h8-9,11,13H,6-7,10H2,1-5H3,(H,20,21). The van der Waals surface area contributed by atoms with E-state index in [1.54, 1.807) is 25.1 Å². The Hall–Kier alpha value is -2.06. The first-order valence-corrected chi connectivity index (χ1v) is 8.02. The summed E-state index contributed by atoms with van der Waals surface area (Å²) in [5, 5.41) is 12.1. The van der Waals surface area contributed by atoms with Gasteiger partial charge in [0, 0.05) is 12.3 Å². The molecule has 5 nitrogen and oxygen atoms in total. The second-order valence-electron chi connectivity index (χ2n) is 5.88. The van der Waals surface area contributed by atoms with Gasteiger partial charge in [0.15, 0.2) is 0 Å². The maximum atomic E-state index is 12.5. The minimum absolute atomic E-state index is 0.0200. The maximum absolute atomic E-state index is 12.5. The van der Waals surface area contributed by atoms with E-state index < -0.39 is 5.60 Å². The van der Waals surface area contributed by atoms with E-state index in [9.17, 15) is 10.1 Å². The molecule has 0 spiro atoms. The molecule has 0 aliphatic heterocycles. The minimum Gasteiger partial charge on any atom is -0.490 e. The van der Waals surface area contributed by atoms with E-state index in [0.29, 0.717) is 30.0 Å². The maximum Gasteiger partial charge on any atom is 0.256 e. The Bertz CT molecular complexity index is 578. The predicted octanol–water partition coefficient (Wildman–Crippen LogP) is 3.88. The zero-order valence-electron chi connectivity index (χ0n) is 14.6. The number of benzene rings is 1. The number of carbonyl (C=O) groups excluding carboxylic acids is 1. The molecule has 0 radical (unpaired) electrons. The van der Waals surface area contributed by atoms with E-state index in [1.165, 1.54) is 0 Å². The molecular formula is C18H26N2O3. The first-order valence-electron chi connectivity index (χ1n) is 8.02. The second kappa shape index (κ2) is 8.54. The highest BCUT2D eigenvalue weighted by Gasteiger charge is 2.32. The molecule has 1 rings (SSSR count). The van der Waals surface area contributed by atoms with Crippen LogP contribution in [0.25, 0.3) is 0 Å². The Labute approximate surface area is 138 Å². The number of amides is 1. The summed E-state index contributed by atoms with van der Waals surface area (Å²) in [6, 6.07) is 7.14. The molecule has 1 atom stereocenters. The summed E-state index contributed by atoms with van der Waals surface area (Å²) in [7, 11) is 0. The molecular weight excluding hydrogens is 292 g/mol. The Balaban J connectivity index is 2.92. The molecule has 1 amide bonds. The fourth-order valence-electron chi connectivity index (χ4n) is 1.97. The third-order valence-electron chi connectivity index (χ3n) is 3.50.